The van der Waals surface area contributed by atoms with Crippen LogP contribution in [0.15, 0.2) is 57.2 Å². The van der Waals surface area contributed by atoms with Crippen LogP contribution in [-0.2, 0) is 0 Å². The number of hydrogen-bond donors (Lipinski definition) is 0. The number of thiazole rings is 1. The number of amides is 1. The standard InChI is InChI=1S/C24H19ClN2O5S/c1-3-9-31-17-6-4-13(11-18(17)30-2)20-19-21(28)15-12-14(25)5-7-16(15)32-22(19)23(29)27(20)24-26-8-10-33-24/h4-8,10-12,20H,3,9H2,1-2H3/t20-/m0/s1. The van der Waals surface area contributed by atoms with Gasteiger partial charge in [-0.2, -0.15) is 0 Å². The molecule has 2 aromatic carbocycles. The Morgan fingerprint density at radius 2 is 2.03 bits per heavy atom. The second-order valence-electron chi connectivity index (χ2n) is 7.47. The third kappa shape index (κ3) is 3.55. The van der Waals surface area contributed by atoms with Crippen molar-refractivity contribution in [1.82, 2.24) is 4.98 Å². The van der Waals surface area contributed by atoms with Crippen LogP contribution in [0.3, 0.4) is 0 Å². The summed E-state index contributed by atoms with van der Waals surface area (Å²) < 4.78 is 17.2. The first-order valence-electron chi connectivity index (χ1n) is 10.3. The van der Waals surface area contributed by atoms with Gasteiger partial charge in [-0.3, -0.25) is 14.5 Å². The second kappa shape index (κ2) is 8.53. The Balaban J connectivity index is 1.74. The number of carbonyl (C=O) groups is 1. The lowest BCUT2D eigenvalue weighted by atomic mass is 9.98. The average molecular weight is 483 g/mol. The van der Waals surface area contributed by atoms with E-state index >= 15 is 0 Å². The number of benzene rings is 2. The Bertz CT molecular complexity index is 1420. The van der Waals surface area contributed by atoms with E-state index in [-0.39, 0.29) is 16.8 Å². The zero-order valence-corrected chi connectivity index (χ0v) is 19.4. The Kier molecular flexibility index (Phi) is 5.55. The van der Waals surface area contributed by atoms with Gasteiger partial charge in [0, 0.05) is 16.6 Å². The van der Waals surface area contributed by atoms with Gasteiger partial charge in [0.1, 0.15) is 5.58 Å². The van der Waals surface area contributed by atoms with Crippen molar-refractivity contribution in [1.29, 1.82) is 0 Å². The van der Waals surface area contributed by atoms with Crippen LogP contribution in [0.4, 0.5) is 5.13 Å². The number of carbonyl (C=O) groups excluding carboxylic acids is 1. The molecule has 0 bridgehead atoms. The molecule has 9 heteroatoms. The lowest BCUT2D eigenvalue weighted by molar-refractivity contribution is 0.0971. The second-order valence-corrected chi connectivity index (χ2v) is 8.78. The number of aromatic nitrogens is 1. The molecule has 0 saturated heterocycles. The summed E-state index contributed by atoms with van der Waals surface area (Å²) >= 11 is 7.44. The Morgan fingerprint density at radius 1 is 1.18 bits per heavy atom. The van der Waals surface area contributed by atoms with Gasteiger partial charge in [-0.15, -0.1) is 11.3 Å². The number of ether oxygens (including phenoxy) is 2. The molecule has 1 amide bonds. The molecule has 0 radical (unpaired) electrons. The molecule has 0 aliphatic carbocycles. The maximum atomic E-state index is 13.6. The smallest absolute Gasteiger partial charge is 0.297 e. The first-order chi connectivity index (χ1) is 16.0. The molecule has 7 nitrogen and oxygen atoms in total. The maximum Gasteiger partial charge on any atom is 0.297 e. The van der Waals surface area contributed by atoms with Gasteiger partial charge in [0.05, 0.1) is 30.7 Å². The summed E-state index contributed by atoms with van der Waals surface area (Å²) in [5.74, 6) is 0.671. The summed E-state index contributed by atoms with van der Waals surface area (Å²) in [6, 6.07) is 9.41. The first-order valence-corrected chi connectivity index (χ1v) is 11.6. The maximum absolute atomic E-state index is 13.6. The Morgan fingerprint density at radius 3 is 2.76 bits per heavy atom. The normalized spacial score (nSPS) is 15.2. The van der Waals surface area contributed by atoms with Gasteiger partial charge in [-0.1, -0.05) is 24.6 Å². The van der Waals surface area contributed by atoms with E-state index in [0.717, 1.165) is 6.42 Å². The third-order valence-electron chi connectivity index (χ3n) is 5.42. The van der Waals surface area contributed by atoms with Crippen molar-refractivity contribution in [3.63, 3.8) is 0 Å². The van der Waals surface area contributed by atoms with Gasteiger partial charge in [-0.25, -0.2) is 4.98 Å². The number of fused-ring (bicyclic) bond motifs is 2. The summed E-state index contributed by atoms with van der Waals surface area (Å²) in [5.41, 5.74) is 0.912. The van der Waals surface area contributed by atoms with E-state index in [2.05, 4.69) is 4.98 Å². The van der Waals surface area contributed by atoms with Crippen molar-refractivity contribution in [2.75, 3.05) is 18.6 Å². The highest BCUT2D eigenvalue weighted by Gasteiger charge is 2.45. The van der Waals surface area contributed by atoms with Gasteiger partial charge in [0.25, 0.3) is 5.91 Å². The predicted octanol–water partition coefficient (Wildman–Crippen LogP) is 5.45. The SMILES string of the molecule is CCCOc1ccc([C@H]2c3c(oc4ccc(Cl)cc4c3=O)C(=O)N2c2nccs2)cc1OC. The van der Waals surface area contributed by atoms with Crippen molar-refractivity contribution in [3.05, 3.63) is 80.1 Å². The Labute approximate surface area is 198 Å². The molecular formula is C24H19ClN2O5S. The van der Waals surface area contributed by atoms with Crippen LogP contribution >= 0.6 is 22.9 Å². The molecule has 1 atom stereocenters. The largest absolute Gasteiger partial charge is 0.493 e. The minimum atomic E-state index is -0.743. The van der Waals surface area contributed by atoms with Crippen LogP contribution in [0.2, 0.25) is 5.02 Å². The molecule has 0 unspecified atom stereocenters. The molecule has 0 N–H and O–H groups in total. The van der Waals surface area contributed by atoms with Crippen LogP contribution in [0, 0.1) is 0 Å². The molecular weight excluding hydrogens is 464 g/mol. The van der Waals surface area contributed by atoms with Crippen LogP contribution in [0.5, 0.6) is 11.5 Å². The Hall–Kier alpha value is -3.36. The average Bonchev–Trinajstić information content (AvgIpc) is 3.45. The van der Waals surface area contributed by atoms with Crippen LogP contribution in [0.1, 0.15) is 41.1 Å². The van der Waals surface area contributed by atoms with Gasteiger partial charge in [-0.05, 0) is 42.3 Å². The van der Waals surface area contributed by atoms with E-state index in [1.165, 1.54) is 16.2 Å². The quantitative estimate of drug-likeness (QED) is 0.363. The van der Waals surface area contributed by atoms with E-state index in [4.69, 9.17) is 25.5 Å². The number of halogens is 1. The summed E-state index contributed by atoms with van der Waals surface area (Å²) in [6.07, 6.45) is 2.46. The molecule has 4 aromatic rings. The van der Waals surface area contributed by atoms with E-state index < -0.39 is 11.9 Å². The van der Waals surface area contributed by atoms with Gasteiger partial charge < -0.3 is 13.9 Å². The van der Waals surface area contributed by atoms with E-state index in [9.17, 15) is 9.59 Å². The molecule has 0 saturated carbocycles. The predicted molar refractivity (Wildman–Crippen MR) is 127 cm³/mol. The molecule has 168 valence electrons. The molecule has 3 heterocycles. The zero-order chi connectivity index (χ0) is 23.1. The highest BCUT2D eigenvalue weighted by molar-refractivity contribution is 7.13. The first kappa shape index (κ1) is 21.5. The summed E-state index contributed by atoms with van der Waals surface area (Å²) in [5, 5.41) is 2.96. The van der Waals surface area contributed by atoms with Crippen molar-refractivity contribution in [3.8, 4) is 11.5 Å². The number of rotatable bonds is 6. The summed E-state index contributed by atoms with van der Waals surface area (Å²) in [7, 11) is 1.55. The highest BCUT2D eigenvalue weighted by atomic mass is 35.5. The van der Waals surface area contributed by atoms with Crippen LogP contribution < -0.4 is 19.8 Å². The highest BCUT2D eigenvalue weighted by Crippen LogP contribution is 2.43. The fourth-order valence-corrected chi connectivity index (χ4v) is 4.82. The van der Waals surface area contributed by atoms with Gasteiger partial charge >= 0.3 is 0 Å². The molecule has 1 aliphatic heterocycles. The lowest BCUT2D eigenvalue weighted by Crippen LogP contribution is -2.29. The lowest BCUT2D eigenvalue weighted by Gasteiger charge is -2.23. The molecule has 0 spiro atoms. The van der Waals surface area contributed by atoms with Gasteiger partial charge in [0.2, 0.25) is 5.76 Å². The summed E-state index contributed by atoms with van der Waals surface area (Å²) in [4.78, 5) is 32.9. The fourth-order valence-electron chi connectivity index (χ4n) is 3.98. The van der Waals surface area contributed by atoms with Crippen molar-refractivity contribution in [2.24, 2.45) is 0 Å². The van der Waals surface area contributed by atoms with E-state index in [0.29, 0.717) is 44.8 Å². The molecule has 2 aromatic heterocycles. The van der Waals surface area contributed by atoms with E-state index in [1.807, 2.05) is 13.0 Å². The molecule has 5 rings (SSSR count). The van der Waals surface area contributed by atoms with E-state index in [1.54, 1.807) is 49.0 Å². The number of methoxy groups -OCH3 is 1. The number of nitrogens with zero attached hydrogens (tertiary/aromatic N) is 2. The summed E-state index contributed by atoms with van der Waals surface area (Å²) in [6.45, 7) is 2.56. The minimum absolute atomic E-state index is 0.000277. The number of hydrogen-bond acceptors (Lipinski definition) is 7. The van der Waals surface area contributed by atoms with Crippen molar-refractivity contribution in [2.45, 2.75) is 19.4 Å². The number of anilines is 1. The van der Waals surface area contributed by atoms with Crippen molar-refractivity contribution < 1.29 is 18.7 Å². The molecule has 0 fully saturated rings. The molecule has 1 aliphatic rings. The van der Waals surface area contributed by atoms with Crippen LogP contribution in [0.25, 0.3) is 11.0 Å². The van der Waals surface area contributed by atoms with Gasteiger partial charge in [0.15, 0.2) is 22.1 Å². The topological polar surface area (TPSA) is 81.9 Å². The fraction of sp³-hybridized carbons (Fsp3) is 0.208. The minimum Gasteiger partial charge on any atom is -0.493 e. The third-order valence-corrected chi connectivity index (χ3v) is 6.43. The zero-order valence-electron chi connectivity index (χ0n) is 17.8. The van der Waals surface area contributed by atoms with Crippen LogP contribution in [-0.4, -0.2) is 24.6 Å². The van der Waals surface area contributed by atoms with Crippen molar-refractivity contribution >= 4 is 44.9 Å². The monoisotopic (exact) mass is 482 g/mol. The molecule has 33 heavy (non-hydrogen) atoms.